The summed E-state index contributed by atoms with van der Waals surface area (Å²) in [5.41, 5.74) is 0. The van der Waals surface area contributed by atoms with Crippen LogP contribution >= 0.6 is 23.2 Å². The monoisotopic (exact) mass is 315 g/mol. The standard InChI is InChI=1S/C13H15Cl2N3O2/c1-8-16-9(2)18(17-8)6-11(19)7-20-13-4-3-10(14)5-12(13)15/h3-5,11,19H,6-7H2,1-2H3. The summed E-state index contributed by atoms with van der Waals surface area (Å²) in [6, 6.07) is 4.94. The molecule has 0 amide bonds. The van der Waals surface area contributed by atoms with Gasteiger partial charge in [0, 0.05) is 5.02 Å². The molecule has 20 heavy (non-hydrogen) atoms. The van der Waals surface area contributed by atoms with Crippen LogP contribution in [0, 0.1) is 13.8 Å². The molecule has 108 valence electrons. The molecule has 0 aliphatic carbocycles. The smallest absolute Gasteiger partial charge is 0.147 e. The molecule has 1 aromatic carbocycles. The SMILES string of the molecule is Cc1nc(C)n(CC(O)COc2ccc(Cl)cc2Cl)n1. The Balaban J connectivity index is 1.92. The van der Waals surface area contributed by atoms with Crippen LogP contribution in [0.3, 0.4) is 0 Å². The fraction of sp³-hybridized carbons (Fsp3) is 0.385. The molecule has 0 spiro atoms. The minimum absolute atomic E-state index is 0.111. The quantitative estimate of drug-likeness (QED) is 0.921. The van der Waals surface area contributed by atoms with Crippen molar-refractivity contribution in [3.8, 4) is 5.75 Å². The Kier molecular flexibility index (Phi) is 4.86. The summed E-state index contributed by atoms with van der Waals surface area (Å²) >= 11 is 11.8. The maximum atomic E-state index is 9.96. The molecule has 1 aromatic heterocycles. The largest absolute Gasteiger partial charge is 0.489 e. The van der Waals surface area contributed by atoms with E-state index < -0.39 is 6.10 Å². The Bertz CT molecular complexity index is 601. The van der Waals surface area contributed by atoms with Gasteiger partial charge in [0.25, 0.3) is 0 Å². The third-order valence-electron chi connectivity index (χ3n) is 2.67. The number of hydrogen-bond acceptors (Lipinski definition) is 4. The van der Waals surface area contributed by atoms with Gasteiger partial charge in [-0.2, -0.15) is 5.10 Å². The molecule has 1 N–H and O–H groups in total. The number of aliphatic hydroxyl groups is 1. The molecule has 0 aliphatic rings. The first-order valence-corrected chi connectivity index (χ1v) is 6.85. The molecule has 2 rings (SSSR count). The lowest BCUT2D eigenvalue weighted by molar-refractivity contribution is 0.0886. The average molecular weight is 316 g/mol. The number of halogens is 2. The number of aryl methyl sites for hydroxylation is 2. The van der Waals surface area contributed by atoms with E-state index in [2.05, 4.69) is 10.1 Å². The Morgan fingerprint density at radius 1 is 1.35 bits per heavy atom. The highest BCUT2D eigenvalue weighted by molar-refractivity contribution is 6.35. The van der Waals surface area contributed by atoms with Crippen molar-refractivity contribution in [2.75, 3.05) is 6.61 Å². The van der Waals surface area contributed by atoms with Crippen LogP contribution in [0.15, 0.2) is 18.2 Å². The van der Waals surface area contributed by atoms with Crippen LogP contribution in [-0.4, -0.2) is 32.6 Å². The lowest BCUT2D eigenvalue weighted by atomic mass is 10.3. The second-order valence-corrected chi connectivity index (χ2v) is 5.27. The van der Waals surface area contributed by atoms with Crippen LogP contribution in [0.2, 0.25) is 10.0 Å². The van der Waals surface area contributed by atoms with Crippen LogP contribution in [-0.2, 0) is 6.54 Å². The molecule has 0 saturated carbocycles. The summed E-state index contributed by atoms with van der Waals surface area (Å²) in [5.74, 6) is 1.92. The average Bonchev–Trinajstić information content (AvgIpc) is 2.66. The van der Waals surface area contributed by atoms with Gasteiger partial charge in [-0.25, -0.2) is 9.67 Å². The first-order chi connectivity index (χ1) is 9.45. The van der Waals surface area contributed by atoms with Crippen molar-refractivity contribution in [1.29, 1.82) is 0 Å². The van der Waals surface area contributed by atoms with E-state index in [4.69, 9.17) is 27.9 Å². The molecule has 7 heteroatoms. The van der Waals surface area contributed by atoms with Crippen molar-refractivity contribution in [1.82, 2.24) is 14.8 Å². The molecule has 1 heterocycles. The molecule has 2 aromatic rings. The minimum atomic E-state index is -0.707. The third kappa shape index (κ3) is 3.85. The number of aromatic nitrogens is 3. The number of aliphatic hydroxyl groups excluding tert-OH is 1. The first kappa shape index (κ1) is 15.1. The van der Waals surface area contributed by atoms with Crippen molar-refractivity contribution in [2.45, 2.75) is 26.5 Å². The molecule has 0 radical (unpaired) electrons. The second-order valence-electron chi connectivity index (χ2n) is 4.43. The predicted octanol–water partition coefficient (Wildman–Crippen LogP) is 2.64. The zero-order valence-electron chi connectivity index (χ0n) is 11.2. The minimum Gasteiger partial charge on any atom is -0.489 e. The summed E-state index contributed by atoms with van der Waals surface area (Å²) in [7, 11) is 0. The third-order valence-corrected chi connectivity index (χ3v) is 3.20. The Morgan fingerprint density at radius 2 is 2.10 bits per heavy atom. The number of nitrogens with zero attached hydrogens (tertiary/aromatic N) is 3. The van der Waals surface area contributed by atoms with Crippen molar-refractivity contribution in [3.05, 3.63) is 39.9 Å². The van der Waals surface area contributed by atoms with E-state index >= 15 is 0 Å². The van der Waals surface area contributed by atoms with Gasteiger partial charge in [0.05, 0.1) is 11.6 Å². The number of hydrogen-bond donors (Lipinski definition) is 1. The highest BCUT2D eigenvalue weighted by Crippen LogP contribution is 2.27. The Morgan fingerprint density at radius 3 is 2.70 bits per heavy atom. The molecule has 1 unspecified atom stereocenters. The lowest BCUT2D eigenvalue weighted by Gasteiger charge is -2.13. The normalized spacial score (nSPS) is 12.4. The maximum Gasteiger partial charge on any atom is 0.147 e. The van der Waals surface area contributed by atoms with E-state index in [9.17, 15) is 5.11 Å². The van der Waals surface area contributed by atoms with E-state index in [1.807, 2.05) is 6.92 Å². The van der Waals surface area contributed by atoms with Crippen molar-refractivity contribution < 1.29 is 9.84 Å². The van der Waals surface area contributed by atoms with Crippen LogP contribution in [0.1, 0.15) is 11.6 Å². The molecule has 0 bridgehead atoms. The van der Waals surface area contributed by atoms with Gasteiger partial charge in [-0.1, -0.05) is 23.2 Å². The van der Waals surface area contributed by atoms with Gasteiger partial charge < -0.3 is 9.84 Å². The zero-order chi connectivity index (χ0) is 14.7. The first-order valence-electron chi connectivity index (χ1n) is 6.09. The molecular formula is C13H15Cl2N3O2. The van der Waals surface area contributed by atoms with Gasteiger partial charge in [-0.05, 0) is 32.0 Å². The highest BCUT2D eigenvalue weighted by Gasteiger charge is 2.11. The Hall–Kier alpha value is -1.30. The van der Waals surface area contributed by atoms with E-state index in [1.165, 1.54) is 0 Å². The van der Waals surface area contributed by atoms with Gasteiger partial charge in [0.2, 0.25) is 0 Å². The summed E-state index contributed by atoms with van der Waals surface area (Å²) in [6.45, 7) is 4.07. The van der Waals surface area contributed by atoms with Crippen molar-refractivity contribution in [2.24, 2.45) is 0 Å². The second kappa shape index (κ2) is 6.43. The summed E-state index contributed by atoms with van der Waals surface area (Å²) in [5, 5.41) is 15.1. The molecule has 1 atom stereocenters. The van der Waals surface area contributed by atoms with E-state index in [0.29, 0.717) is 28.2 Å². The fourth-order valence-corrected chi connectivity index (χ4v) is 2.23. The molecule has 0 fully saturated rings. The summed E-state index contributed by atoms with van der Waals surface area (Å²) in [4.78, 5) is 4.17. The number of rotatable bonds is 5. The van der Waals surface area contributed by atoms with Crippen molar-refractivity contribution >= 4 is 23.2 Å². The van der Waals surface area contributed by atoms with Gasteiger partial charge in [0.15, 0.2) is 0 Å². The molecule has 5 nitrogen and oxygen atoms in total. The lowest BCUT2D eigenvalue weighted by Crippen LogP contribution is -2.24. The van der Waals surface area contributed by atoms with Gasteiger partial charge in [-0.15, -0.1) is 0 Å². The van der Waals surface area contributed by atoms with Gasteiger partial charge in [-0.3, -0.25) is 0 Å². The van der Waals surface area contributed by atoms with Crippen LogP contribution < -0.4 is 4.74 Å². The zero-order valence-corrected chi connectivity index (χ0v) is 12.7. The molecule has 0 saturated heterocycles. The van der Waals surface area contributed by atoms with Crippen LogP contribution in [0.4, 0.5) is 0 Å². The predicted molar refractivity (Wildman–Crippen MR) is 77.5 cm³/mol. The Labute approximate surface area is 127 Å². The molecule has 0 aliphatic heterocycles. The summed E-state index contributed by atoms with van der Waals surface area (Å²) in [6.07, 6.45) is -0.707. The van der Waals surface area contributed by atoms with Crippen molar-refractivity contribution in [3.63, 3.8) is 0 Å². The van der Waals surface area contributed by atoms with E-state index in [0.717, 1.165) is 5.82 Å². The number of ether oxygens (including phenoxy) is 1. The highest BCUT2D eigenvalue weighted by atomic mass is 35.5. The van der Waals surface area contributed by atoms with Gasteiger partial charge >= 0.3 is 0 Å². The molecular weight excluding hydrogens is 301 g/mol. The van der Waals surface area contributed by atoms with Crippen LogP contribution in [0.5, 0.6) is 5.75 Å². The van der Waals surface area contributed by atoms with E-state index in [1.54, 1.807) is 29.8 Å². The van der Waals surface area contributed by atoms with Gasteiger partial charge in [0.1, 0.15) is 30.1 Å². The van der Waals surface area contributed by atoms with Crippen LogP contribution in [0.25, 0.3) is 0 Å². The fourth-order valence-electron chi connectivity index (χ4n) is 1.76. The van der Waals surface area contributed by atoms with E-state index in [-0.39, 0.29) is 6.61 Å². The summed E-state index contributed by atoms with van der Waals surface area (Å²) < 4.78 is 7.12. The maximum absolute atomic E-state index is 9.96. The number of benzene rings is 1. The topological polar surface area (TPSA) is 60.2 Å².